The molecule has 2 aliphatic heterocycles. The van der Waals surface area contributed by atoms with Crippen molar-refractivity contribution >= 4 is 5.91 Å². The molecular formula is C19H32N4O2. The minimum atomic E-state index is 0.196. The number of likely N-dealkylation sites (tertiary alicyclic amines) is 2. The van der Waals surface area contributed by atoms with Gasteiger partial charge in [0.2, 0.25) is 5.91 Å². The molecular weight excluding hydrogens is 316 g/mol. The van der Waals surface area contributed by atoms with E-state index in [0.29, 0.717) is 12.0 Å². The van der Waals surface area contributed by atoms with Crippen molar-refractivity contribution in [1.82, 2.24) is 19.6 Å². The van der Waals surface area contributed by atoms with Gasteiger partial charge in [0.1, 0.15) is 0 Å². The first-order valence-corrected chi connectivity index (χ1v) is 9.43. The Labute approximate surface area is 151 Å². The zero-order valence-corrected chi connectivity index (χ0v) is 16.1. The maximum absolute atomic E-state index is 11.9. The van der Waals surface area contributed by atoms with Crippen LogP contribution in [0, 0.1) is 11.3 Å². The van der Waals surface area contributed by atoms with E-state index in [1.54, 1.807) is 14.0 Å². The zero-order chi connectivity index (χ0) is 18.0. The SMILES string of the molecule is COCC1CN(C(C)=O)CC12CCN(Cc1cnn(C(C)C)c1)CC2. The van der Waals surface area contributed by atoms with E-state index in [2.05, 4.69) is 30.0 Å². The van der Waals surface area contributed by atoms with Crippen molar-refractivity contribution in [2.75, 3.05) is 39.9 Å². The van der Waals surface area contributed by atoms with Crippen molar-refractivity contribution in [1.29, 1.82) is 0 Å². The third-order valence-electron chi connectivity index (χ3n) is 6.07. The highest BCUT2D eigenvalue weighted by atomic mass is 16.5. The highest BCUT2D eigenvalue weighted by Gasteiger charge is 2.48. The molecule has 0 saturated carbocycles. The summed E-state index contributed by atoms with van der Waals surface area (Å²) in [6.45, 7) is 11.6. The summed E-state index contributed by atoms with van der Waals surface area (Å²) < 4.78 is 7.49. The van der Waals surface area contributed by atoms with Gasteiger partial charge in [0.15, 0.2) is 0 Å². The molecule has 0 radical (unpaired) electrons. The topological polar surface area (TPSA) is 50.6 Å². The molecule has 1 atom stereocenters. The Kier molecular flexibility index (Phi) is 5.49. The first-order valence-electron chi connectivity index (χ1n) is 9.43. The first kappa shape index (κ1) is 18.4. The monoisotopic (exact) mass is 348 g/mol. The number of ether oxygens (including phenoxy) is 1. The van der Waals surface area contributed by atoms with E-state index < -0.39 is 0 Å². The summed E-state index contributed by atoms with van der Waals surface area (Å²) in [4.78, 5) is 16.4. The Hall–Kier alpha value is -1.40. The van der Waals surface area contributed by atoms with Crippen LogP contribution in [0.25, 0.3) is 0 Å². The second-order valence-electron chi connectivity index (χ2n) is 8.11. The standard InChI is InChI=1S/C19H32N4O2/c1-15(2)23-11-17(9-20-23)10-21-7-5-19(6-8-21)14-22(16(3)24)12-18(19)13-25-4/h9,11,15,18H,5-8,10,12-14H2,1-4H3. The lowest BCUT2D eigenvalue weighted by Gasteiger charge is -2.42. The molecule has 25 heavy (non-hydrogen) atoms. The van der Waals surface area contributed by atoms with E-state index in [1.807, 2.05) is 15.8 Å². The van der Waals surface area contributed by atoms with Crippen molar-refractivity contribution in [2.45, 2.75) is 46.2 Å². The van der Waals surface area contributed by atoms with E-state index in [4.69, 9.17) is 4.74 Å². The Morgan fingerprint density at radius 1 is 1.40 bits per heavy atom. The number of carbonyl (C=O) groups is 1. The van der Waals surface area contributed by atoms with E-state index >= 15 is 0 Å². The number of nitrogens with zero attached hydrogens (tertiary/aromatic N) is 4. The average molecular weight is 348 g/mol. The Morgan fingerprint density at radius 2 is 2.12 bits per heavy atom. The van der Waals surface area contributed by atoms with Crippen LogP contribution in [0.15, 0.2) is 12.4 Å². The van der Waals surface area contributed by atoms with E-state index in [9.17, 15) is 4.79 Å². The maximum atomic E-state index is 11.9. The quantitative estimate of drug-likeness (QED) is 0.818. The van der Waals surface area contributed by atoms with Gasteiger partial charge in [-0.25, -0.2) is 0 Å². The van der Waals surface area contributed by atoms with Crippen molar-refractivity contribution in [3.8, 4) is 0 Å². The van der Waals surface area contributed by atoms with Crippen molar-refractivity contribution in [3.63, 3.8) is 0 Å². The van der Waals surface area contributed by atoms with Crippen molar-refractivity contribution in [2.24, 2.45) is 11.3 Å². The van der Waals surface area contributed by atoms with Crippen LogP contribution in [-0.4, -0.2) is 65.4 Å². The van der Waals surface area contributed by atoms with Crippen LogP contribution < -0.4 is 0 Å². The third-order valence-corrected chi connectivity index (χ3v) is 6.07. The van der Waals surface area contributed by atoms with E-state index in [-0.39, 0.29) is 11.3 Å². The molecule has 6 nitrogen and oxygen atoms in total. The summed E-state index contributed by atoms with van der Waals surface area (Å²) in [5.74, 6) is 0.661. The molecule has 2 fully saturated rings. The van der Waals surface area contributed by atoms with Gasteiger partial charge in [-0.2, -0.15) is 5.10 Å². The van der Waals surface area contributed by atoms with Gasteiger partial charge in [0.05, 0.1) is 12.8 Å². The fourth-order valence-electron chi connectivity index (χ4n) is 4.43. The van der Waals surface area contributed by atoms with Gasteiger partial charge in [-0.05, 0) is 45.2 Å². The van der Waals surface area contributed by atoms with Crippen LogP contribution in [0.4, 0.5) is 0 Å². The molecule has 6 heteroatoms. The number of amides is 1. The molecule has 1 amide bonds. The van der Waals surface area contributed by atoms with Crippen LogP contribution in [0.5, 0.6) is 0 Å². The molecule has 2 aliphatic rings. The number of rotatable bonds is 5. The predicted octanol–water partition coefficient (Wildman–Crippen LogP) is 2.17. The number of carbonyl (C=O) groups excluding carboxylic acids is 1. The molecule has 0 aromatic carbocycles. The first-order chi connectivity index (χ1) is 11.9. The fourth-order valence-corrected chi connectivity index (χ4v) is 4.43. The van der Waals surface area contributed by atoms with Crippen LogP contribution >= 0.6 is 0 Å². The molecule has 0 bridgehead atoms. The second-order valence-corrected chi connectivity index (χ2v) is 8.11. The van der Waals surface area contributed by atoms with Gasteiger partial charge in [0.25, 0.3) is 0 Å². The highest BCUT2D eigenvalue weighted by Crippen LogP contribution is 2.45. The van der Waals surface area contributed by atoms with Crippen LogP contribution in [0.2, 0.25) is 0 Å². The van der Waals surface area contributed by atoms with Gasteiger partial charge in [-0.3, -0.25) is 14.4 Å². The minimum absolute atomic E-state index is 0.196. The van der Waals surface area contributed by atoms with Gasteiger partial charge >= 0.3 is 0 Å². The van der Waals surface area contributed by atoms with Gasteiger partial charge in [0, 0.05) is 57.4 Å². The second kappa shape index (κ2) is 7.46. The number of aromatic nitrogens is 2. The average Bonchev–Trinajstić information content (AvgIpc) is 3.16. The number of piperidine rings is 1. The number of hydrogen-bond acceptors (Lipinski definition) is 4. The minimum Gasteiger partial charge on any atom is -0.384 e. The third kappa shape index (κ3) is 3.90. The molecule has 1 aromatic rings. The molecule has 1 unspecified atom stereocenters. The zero-order valence-electron chi connectivity index (χ0n) is 16.1. The smallest absolute Gasteiger partial charge is 0.219 e. The van der Waals surface area contributed by atoms with Gasteiger partial charge in [-0.1, -0.05) is 0 Å². The lowest BCUT2D eigenvalue weighted by molar-refractivity contribution is -0.128. The lowest BCUT2D eigenvalue weighted by atomic mass is 9.71. The largest absolute Gasteiger partial charge is 0.384 e. The van der Waals surface area contributed by atoms with E-state index in [1.165, 1.54) is 5.56 Å². The summed E-state index contributed by atoms with van der Waals surface area (Å²) in [7, 11) is 1.77. The molecule has 0 aliphatic carbocycles. The predicted molar refractivity (Wildman–Crippen MR) is 97.2 cm³/mol. The highest BCUT2D eigenvalue weighted by molar-refractivity contribution is 5.73. The Morgan fingerprint density at radius 3 is 2.68 bits per heavy atom. The van der Waals surface area contributed by atoms with Crippen LogP contribution in [0.1, 0.15) is 45.2 Å². The summed E-state index contributed by atoms with van der Waals surface area (Å²) in [5.41, 5.74) is 1.52. The van der Waals surface area contributed by atoms with Crippen LogP contribution in [0.3, 0.4) is 0 Å². The molecule has 3 rings (SSSR count). The fraction of sp³-hybridized carbons (Fsp3) is 0.789. The normalized spacial score (nSPS) is 23.7. The van der Waals surface area contributed by atoms with Crippen molar-refractivity contribution in [3.05, 3.63) is 18.0 Å². The van der Waals surface area contributed by atoms with Gasteiger partial charge in [-0.15, -0.1) is 0 Å². The number of hydrogen-bond donors (Lipinski definition) is 0. The van der Waals surface area contributed by atoms with Crippen LogP contribution in [-0.2, 0) is 16.1 Å². The molecule has 2 saturated heterocycles. The summed E-state index contributed by atoms with van der Waals surface area (Å²) in [5, 5.41) is 4.45. The Balaban J connectivity index is 1.60. The maximum Gasteiger partial charge on any atom is 0.219 e. The molecule has 140 valence electrons. The summed E-state index contributed by atoms with van der Waals surface area (Å²) in [6, 6.07) is 0.407. The summed E-state index contributed by atoms with van der Waals surface area (Å²) >= 11 is 0. The summed E-state index contributed by atoms with van der Waals surface area (Å²) in [6.07, 6.45) is 6.44. The molecule has 1 spiro atoms. The molecule has 1 aromatic heterocycles. The molecule has 3 heterocycles. The van der Waals surface area contributed by atoms with Gasteiger partial charge < -0.3 is 9.64 Å². The Bertz CT molecular complexity index is 590. The van der Waals surface area contributed by atoms with E-state index in [0.717, 1.165) is 52.2 Å². The number of methoxy groups -OCH3 is 1. The lowest BCUT2D eigenvalue weighted by Crippen LogP contribution is -2.45. The molecule has 0 N–H and O–H groups in total. The van der Waals surface area contributed by atoms with Crippen molar-refractivity contribution < 1.29 is 9.53 Å².